The molecule has 0 amide bonds. The number of halogens is 4. The third kappa shape index (κ3) is 4.43. The summed E-state index contributed by atoms with van der Waals surface area (Å²) in [5.41, 5.74) is 0.461. The molecule has 0 aliphatic heterocycles. The first-order valence-corrected chi connectivity index (χ1v) is 10.0. The van der Waals surface area contributed by atoms with Gasteiger partial charge in [-0.15, -0.1) is 0 Å². The topological polar surface area (TPSA) is 47.3 Å². The summed E-state index contributed by atoms with van der Waals surface area (Å²) in [5.74, 6) is 0.136. The average Bonchev–Trinajstić information content (AvgIpc) is 3.11. The van der Waals surface area contributed by atoms with Crippen molar-refractivity contribution >= 4 is 11.6 Å². The third-order valence-corrected chi connectivity index (χ3v) is 5.17. The van der Waals surface area contributed by atoms with Crippen LogP contribution < -0.4 is 4.74 Å². The highest BCUT2D eigenvalue weighted by Gasteiger charge is 2.40. The van der Waals surface area contributed by atoms with E-state index >= 15 is 0 Å². The van der Waals surface area contributed by atoms with Crippen LogP contribution in [-0.2, 0) is 19.8 Å². The van der Waals surface area contributed by atoms with Crippen molar-refractivity contribution in [2.75, 3.05) is 0 Å². The lowest BCUT2D eigenvalue weighted by Crippen LogP contribution is -2.13. The normalized spacial score (nSPS) is 11.5. The van der Waals surface area contributed by atoms with E-state index in [0.717, 1.165) is 10.2 Å². The van der Waals surface area contributed by atoms with Gasteiger partial charge in [0.2, 0.25) is 0 Å². The van der Waals surface area contributed by atoms with Crippen molar-refractivity contribution in [1.82, 2.24) is 9.78 Å². The number of aryl methyl sites for hydroxylation is 1. The van der Waals surface area contributed by atoms with E-state index in [4.69, 9.17) is 16.3 Å². The zero-order chi connectivity index (χ0) is 22.9. The summed E-state index contributed by atoms with van der Waals surface area (Å²) >= 11 is 5.87. The summed E-state index contributed by atoms with van der Waals surface area (Å²) in [6, 6.07) is 19.7. The molecule has 0 unspecified atom stereocenters. The second-order valence-electron chi connectivity index (χ2n) is 7.15. The highest BCUT2D eigenvalue weighted by Crippen LogP contribution is 2.44. The number of hydrogen-bond acceptors (Lipinski definition) is 3. The number of nitrogens with zero attached hydrogens (tertiary/aromatic N) is 2. The molecule has 4 nitrogen and oxygen atoms in total. The number of phenols is 1. The highest BCUT2D eigenvalue weighted by molar-refractivity contribution is 6.30. The first kappa shape index (κ1) is 21.8. The van der Waals surface area contributed by atoms with Gasteiger partial charge in [-0.25, -0.2) is 0 Å². The van der Waals surface area contributed by atoms with Crippen LogP contribution in [0.4, 0.5) is 13.2 Å². The minimum absolute atomic E-state index is 0.0350. The summed E-state index contributed by atoms with van der Waals surface area (Å²) in [6.07, 6.45) is -4.62. The second kappa shape index (κ2) is 8.59. The van der Waals surface area contributed by atoms with Gasteiger partial charge in [0.25, 0.3) is 0 Å². The molecule has 1 heterocycles. The van der Waals surface area contributed by atoms with Gasteiger partial charge in [-0.1, -0.05) is 54.1 Å². The van der Waals surface area contributed by atoms with Crippen LogP contribution in [0.25, 0.3) is 22.4 Å². The van der Waals surface area contributed by atoms with Crippen LogP contribution in [0.2, 0.25) is 5.02 Å². The quantitative estimate of drug-likeness (QED) is 0.361. The molecule has 8 heteroatoms. The van der Waals surface area contributed by atoms with Crippen LogP contribution in [0.5, 0.6) is 11.5 Å². The summed E-state index contributed by atoms with van der Waals surface area (Å²) in [4.78, 5) is 0. The number of benzene rings is 3. The molecule has 0 aliphatic carbocycles. The Labute approximate surface area is 187 Å². The molecular formula is C24H18ClF3N2O2. The number of ether oxygens (including phenoxy) is 1. The largest absolute Gasteiger partial charge is 0.507 e. The van der Waals surface area contributed by atoms with Gasteiger partial charge < -0.3 is 9.84 Å². The molecule has 3 aromatic carbocycles. The number of rotatable bonds is 5. The predicted octanol–water partition coefficient (Wildman–Crippen LogP) is 6.71. The van der Waals surface area contributed by atoms with Crippen molar-refractivity contribution in [1.29, 1.82) is 0 Å². The van der Waals surface area contributed by atoms with E-state index < -0.39 is 11.9 Å². The van der Waals surface area contributed by atoms with Crippen LogP contribution in [0.1, 0.15) is 11.3 Å². The van der Waals surface area contributed by atoms with E-state index in [2.05, 4.69) is 5.10 Å². The highest BCUT2D eigenvalue weighted by atomic mass is 35.5. The Kier molecular flexibility index (Phi) is 5.84. The van der Waals surface area contributed by atoms with Crippen molar-refractivity contribution in [3.8, 4) is 33.9 Å². The second-order valence-corrected chi connectivity index (χ2v) is 7.59. The fraction of sp³-hybridized carbons (Fsp3) is 0.125. The van der Waals surface area contributed by atoms with Gasteiger partial charge in [-0.2, -0.15) is 18.3 Å². The molecule has 0 radical (unpaired) electrons. The van der Waals surface area contributed by atoms with E-state index in [1.54, 1.807) is 48.5 Å². The summed E-state index contributed by atoms with van der Waals surface area (Å²) in [6.45, 7) is 0.243. The molecule has 0 aliphatic rings. The molecule has 0 saturated heterocycles. The third-order valence-electron chi connectivity index (χ3n) is 4.92. The van der Waals surface area contributed by atoms with Crippen LogP contribution in [-0.4, -0.2) is 14.9 Å². The van der Waals surface area contributed by atoms with E-state index in [1.807, 2.05) is 12.1 Å². The Morgan fingerprint density at radius 3 is 2.31 bits per heavy atom. The van der Waals surface area contributed by atoms with Gasteiger partial charge in [-0.05, 0) is 35.4 Å². The Morgan fingerprint density at radius 2 is 1.69 bits per heavy atom. The van der Waals surface area contributed by atoms with E-state index in [9.17, 15) is 18.3 Å². The lowest BCUT2D eigenvalue weighted by atomic mass is 9.98. The lowest BCUT2D eigenvalue weighted by molar-refractivity contribution is -0.143. The smallest absolute Gasteiger partial charge is 0.433 e. The first-order chi connectivity index (χ1) is 15.2. The molecular weight excluding hydrogens is 441 g/mol. The maximum atomic E-state index is 13.8. The van der Waals surface area contributed by atoms with Gasteiger partial charge in [0.15, 0.2) is 5.69 Å². The van der Waals surface area contributed by atoms with Crippen molar-refractivity contribution < 1.29 is 23.0 Å². The van der Waals surface area contributed by atoms with Gasteiger partial charge in [0.1, 0.15) is 23.8 Å². The fourth-order valence-electron chi connectivity index (χ4n) is 3.46. The monoisotopic (exact) mass is 458 g/mol. The van der Waals surface area contributed by atoms with E-state index in [1.165, 1.54) is 19.2 Å². The fourth-order valence-corrected chi connectivity index (χ4v) is 3.59. The Morgan fingerprint density at radius 1 is 1.00 bits per heavy atom. The molecule has 4 rings (SSSR count). The number of aromatic nitrogens is 2. The number of hydrogen-bond donors (Lipinski definition) is 1. The molecule has 164 valence electrons. The number of alkyl halides is 3. The Bertz CT molecular complexity index is 1240. The van der Waals surface area contributed by atoms with Crippen molar-refractivity contribution in [2.24, 2.45) is 7.05 Å². The molecule has 32 heavy (non-hydrogen) atoms. The van der Waals surface area contributed by atoms with Gasteiger partial charge in [0, 0.05) is 29.3 Å². The predicted molar refractivity (Wildman–Crippen MR) is 117 cm³/mol. The molecule has 1 aromatic heterocycles. The zero-order valence-electron chi connectivity index (χ0n) is 16.9. The number of phenolic OH excluding ortho intramolecular Hbond substituents is 1. The minimum Gasteiger partial charge on any atom is -0.507 e. The molecule has 0 fully saturated rings. The van der Waals surface area contributed by atoms with Crippen molar-refractivity contribution in [2.45, 2.75) is 12.8 Å². The van der Waals surface area contributed by atoms with Gasteiger partial charge in [0.05, 0.1) is 0 Å². The van der Waals surface area contributed by atoms with Crippen molar-refractivity contribution in [3.05, 3.63) is 89.1 Å². The Hall–Kier alpha value is -3.45. The summed E-state index contributed by atoms with van der Waals surface area (Å²) < 4.78 is 48.0. The maximum Gasteiger partial charge on any atom is 0.433 e. The van der Waals surface area contributed by atoms with Crippen LogP contribution in [0, 0.1) is 0 Å². The molecule has 4 aromatic rings. The first-order valence-electron chi connectivity index (χ1n) is 9.64. The van der Waals surface area contributed by atoms with E-state index in [0.29, 0.717) is 16.3 Å². The van der Waals surface area contributed by atoms with Crippen molar-refractivity contribution in [3.63, 3.8) is 0 Å². The molecule has 0 bridgehead atoms. The number of aromatic hydroxyl groups is 1. The van der Waals surface area contributed by atoms with Crippen LogP contribution >= 0.6 is 11.6 Å². The molecule has 1 N–H and O–H groups in total. The van der Waals surface area contributed by atoms with Gasteiger partial charge >= 0.3 is 6.18 Å². The SMILES string of the molecule is Cn1nc(-c2ccc(OCc3ccc(Cl)cc3)cc2O)c(-c2ccccc2)c1C(F)(F)F. The summed E-state index contributed by atoms with van der Waals surface area (Å²) in [7, 11) is 1.24. The van der Waals surface area contributed by atoms with Gasteiger partial charge in [-0.3, -0.25) is 4.68 Å². The van der Waals surface area contributed by atoms with Crippen LogP contribution in [0.15, 0.2) is 72.8 Å². The Balaban J connectivity index is 1.71. The zero-order valence-corrected chi connectivity index (χ0v) is 17.7. The molecule has 0 saturated carbocycles. The summed E-state index contributed by atoms with van der Waals surface area (Å²) in [5, 5.41) is 15.3. The average molecular weight is 459 g/mol. The lowest BCUT2D eigenvalue weighted by Gasteiger charge is -2.12. The molecule has 0 atom stereocenters. The van der Waals surface area contributed by atoms with E-state index in [-0.39, 0.29) is 29.2 Å². The minimum atomic E-state index is -4.62. The molecule has 0 spiro atoms. The standard InChI is InChI=1S/C24H18ClF3N2O2/c1-30-23(24(26,27)28)21(16-5-3-2-4-6-16)22(29-30)19-12-11-18(13-20(19)31)32-14-15-7-9-17(25)10-8-15/h2-13,31H,14H2,1H3. The maximum absolute atomic E-state index is 13.8. The van der Waals surface area contributed by atoms with Crippen LogP contribution in [0.3, 0.4) is 0 Å².